The number of hydrogen-bond acceptors (Lipinski definition) is 4. The van der Waals surface area contributed by atoms with Gasteiger partial charge in [0.1, 0.15) is 10.7 Å². The predicted octanol–water partition coefficient (Wildman–Crippen LogP) is 1.55. The molecule has 1 aliphatic heterocycles. The van der Waals surface area contributed by atoms with Gasteiger partial charge in [0.2, 0.25) is 0 Å². The highest BCUT2D eigenvalue weighted by atomic mass is 32.1. The number of nitrogens with zero attached hydrogens (tertiary/aromatic N) is 1. The first-order valence-electron chi connectivity index (χ1n) is 7.08. The topological polar surface area (TPSA) is 58.7 Å². The molecule has 3 N–H and O–H groups in total. The Labute approximate surface area is 125 Å². The Morgan fingerprint density at radius 3 is 2.85 bits per heavy atom. The zero-order chi connectivity index (χ0) is 14.4. The maximum Gasteiger partial charge on any atom is 0.119 e. The van der Waals surface area contributed by atoms with Crippen molar-refractivity contribution in [1.29, 1.82) is 0 Å². The van der Waals surface area contributed by atoms with E-state index in [2.05, 4.69) is 4.90 Å². The Morgan fingerprint density at radius 1 is 1.40 bits per heavy atom. The Balaban J connectivity index is 1.68. The second-order valence-electron chi connectivity index (χ2n) is 5.17. The molecule has 0 saturated carbocycles. The molecule has 1 aromatic rings. The first-order chi connectivity index (χ1) is 9.65. The molecule has 5 heteroatoms. The second-order valence-corrected chi connectivity index (χ2v) is 5.61. The van der Waals surface area contributed by atoms with Gasteiger partial charge < -0.3 is 20.5 Å². The SMILES string of the molecule is NC(=S)c1cccc(OCCCN2CCC(O)CC2)c1. The summed E-state index contributed by atoms with van der Waals surface area (Å²) in [5.41, 5.74) is 6.43. The third-order valence-electron chi connectivity index (χ3n) is 3.56. The van der Waals surface area contributed by atoms with E-state index in [4.69, 9.17) is 22.7 Å². The van der Waals surface area contributed by atoms with Crippen molar-refractivity contribution in [2.45, 2.75) is 25.4 Å². The summed E-state index contributed by atoms with van der Waals surface area (Å²) in [6, 6.07) is 7.57. The summed E-state index contributed by atoms with van der Waals surface area (Å²) in [4.78, 5) is 2.77. The van der Waals surface area contributed by atoms with Gasteiger partial charge >= 0.3 is 0 Å². The lowest BCUT2D eigenvalue weighted by Gasteiger charge is -2.29. The van der Waals surface area contributed by atoms with E-state index >= 15 is 0 Å². The van der Waals surface area contributed by atoms with Crippen molar-refractivity contribution in [2.75, 3.05) is 26.2 Å². The molecule has 1 heterocycles. The van der Waals surface area contributed by atoms with Crippen LogP contribution in [0.25, 0.3) is 0 Å². The zero-order valence-electron chi connectivity index (χ0n) is 11.6. The van der Waals surface area contributed by atoms with Gasteiger partial charge in [-0.25, -0.2) is 0 Å². The minimum atomic E-state index is -0.106. The smallest absolute Gasteiger partial charge is 0.119 e. The number of ether oxygens (including phenoxy) is 1. The highest BCUT2D eigenvalue weighted by Crippen LogP contribution is 2.14. The Bertz CT molecular complexity index is 445. The van der Waals surface area contributed by atoms with E-state index in [1.807, 2.05) is 24.3 Å². The fraction of sp³-hybridized carbons (Fsp3) is 0.533. The minimum absolute atomic E-state index is 0.106. The number of benzene rings is 1. The first-order valence-corrected chi connectivity index (χ1v) is 7.49. The van der Waals surface area contributed by atoms with E-state index in [0.29, 0.717) is 11.6 Å². The van der Waals surface area contributed by atoms with Crippen LogP contribution < -0.4 is 10.5 Å². The number of hydrogen-bond donors (Lipinski definition) is 2. The summed E-state index contributed by atoms with van der Waals surface area (Å²) in [5.74, 6) is 0.810. The molecule has 1 saturated heterocycles. The highest BCUT2D eigenvalue weighted by molar-refractivity contribution is 7.80. The minimum Gasteiger partial charge on any atom is -0.494 e. The van der Waals surface area contributed by atoms with E-state index in [0.717, 1.165) is 50.2 Å². The molecule has 4 nitrogen and oxygen atoms in total. The quantitative estimate of drug-likeness (QED) is 0.616. The van der Waals surface area contributed by atoms with Crippen molar-refractivity contribution in [2.24, 2.45) is 5.73 Å². The standard InChI is InChI=1S/C15H22N2O2S/c16-15(20)12-3-1-4-14(11-12)19-10-2-7-17-8-5-13(18)6-9-17/h1,3-4,11,13,18H,2,5-10H2,(H2,16,20). The monoisotopic (exact) mass is 294 g/mol. The lowest BCUT2D eigenvalue weighted by molar-refractivity contribution is 0.0800. The number of nitrogens with two attached hydrogens (primary N) is 1. The summed E-state index contributed by atoms with van der Waals surface area (Å²) in [5, 5.41) is 9.45. The van der Waals surface area contributed by atoms with Crippen LogP contribution in [-0.4, -0.2) is 47.3 Å². The molecule has 0 amide bonds. The lowest BCUT2D eigenvalue weighted by Crippen LogP contribution is -2.36. The van der Waals surface area contributed by atoms with Crippen LogP contribution in [0.5, 0.6) is 5.75 Å². The molecule has 1 aliphatic rings. The van der Waals surface area contributed by atoms with Crippen LogP contribution in [0.1, 0.15) is 24.8 Å². The van der Waals surface area contributed by atoms with Gasteiger partial charge in [-0.1, -0.05) is 24.4 Å². The maximum absolute atomic E-state index is 9.45. The summed E-state index contributed by atoms with van der Waals surface area (Å²) >= 11 is 4.95. The van der Waals surface area contributed by atoms with Crippen molar-refractivity contribution in [3.8, 4) is 5.75 Å². The summed E-state index contributed by atoms with van der Waals surface area (Å²) in [7, 11) is 0. The molecule has 0 radical (unpaired) electrons. The third kappa shape index (κ3) is 4.74. The van der Waals surface area contributed by atoms with Crippen molar-refractivity contribution in [1.82, 2.24) is 4.90 Å². The molecule has 1 fully saturated rings. The van der Waals surface area contributed by atoms with Crippen molar-refractivity contribution >= 4 is 17.2 Å². The van der Waals surface area contributed by atoms with Gasteiger partial charge in [-0.3, -0.25) is 0 Å². The molecule has 0 bridgehead atoms. The normalized spacial score (nSPS) is 17.1. The molecular weight excluding hydrogens is 272 g/mol. The average molecular weight is 294 g/mol. The number of rotatable bonds is 6. The summed E-state index contributed by atoms with van der Waals surface area (Å²) in [6.07, 6.45) is 2.64. The van der Waals surface area contributed by atoms with Crippen LogP contribution >= 0.6 is 12.2 Å². The van der Waals surface area contributed by atoms with E-state index in [9.17, 15) is 5.11 Å². The number of piperidine rings is 1. The summed E-state index contributed by atoms with van der Waals surface area (Å²) in [6.45, 7) is 3.66. The van der Waals surface area contributed by atoms with Gasteiger partial charge in [-0.2, -0.15) is 0 Å². The largest absolute Gasteiger partial charge is 0.494 e. The van der Waals surface area contributed by atoms with Gasteiger partial charge in [-0.05, 0) is 31.4 Å². The van der Waals surface area contributed by atoms with Gasteiger partial charge in [0.15, 0.2) is 0 Å². The Morgan fingerprint density at radius 2 is 2.15 bits per heavy atom. The zero-order valence-corrected chi connectivity index (χ0v) is 12.4. The number of thiocarbonyl (C=S) groups is 1. The number of likely N-dealkylation sites (tertiary alicyclic amines) is 1. The van der Waals surface area contributed by atoms with E-state index in [1.165, 1.54) is 0 Å². The molecule has 0 aliphatic carbocycles. The molecule has 0 atom stereocenters. The second kappa shape index (κ2) is 7.57. The molecule has 20 heavy (non-hydrogen) atoms. The van der Waals surface area contributed by atoms with Gasteiger partial charge in [-0.15, -0.1) is 0 Å². The molecule has 0 spiro atoms. The average Bonchev–Trinajstić information content (AvgIpc) is 2.46. The predicted molar refractivity (Wildman–Crippen MR) is 84.1 cm³/mol. The van der Waals surface area contributed by atoms with Gasteiger partial charge in [0.25, 0.3) is 0 Å². The molecule has 2 rings (SSSR count). The van der Waals surface area contributed by atoms with Crippen LogP contribution in [0.2, 0.25) is 0 Å². The third-order valence-corrected chi connectivity index (χ3v) is 3.80. The van der Waals surface area contributed by atoms with Gasteiger partial charge in [0, 0.05) is 25.2 Å². The summed E-state index contributed by atoms with van der Waals surface area (Å²) < 4.78 is 5.72. The van der Waals surface area contributed by atoms with Crippen LogP contribution in [0, 0.1) is 0 Å². The van der Waals surface area contributed by atoms with E-state index in [1.54, 1.807) is 0 Å². The molecule has 0 unspecified atom stereocenters. The fourth-order valence-electron chi connectivity index (χ4n) is 2.36. The Hall–Kier alpha value is -1.17. The van der Waals surface area contributed by atoms with Crippen LogP contribution in [0.15, 0.2) is 24.3 Å². The molecule has 1 aromatic carbocycles. The van der Waals surface area contributed by atoms with E-state index < -0.39 is 0 Å². The number of aliphatic hydroxyl groups excluding tert-OH is 1. The van der Waals surface area contributed by atoms with Crippen LogP contribution in [0.4, 0.5) is 0 Å². The molecule has 110 valence electrons. The van der Waals surface area contributed by atoms with Crippen molar-refractivity contribution in [3.63, 3.8) is 0 Å². The maximum atomic E-state index is 9.45. The Kier molecular flexibility index (Phi) is 5.76. The van der Waals surface area contributed by atoms with Gasteiger partial charge in [0.05, 0.1) is 12.7 Å². The number of aliphatic hydroxyl groups is 1. The van der Waals surface area contributed by atoms with E-state index in [-0.39, 0.29) is 6.10 Å². The highest BCUT2D eigenvalue weighted by Gasteiger charge is 2.16. The van der Waals surface area contributed by atoms with Crippen molar-refractivity contribution < 1.29 is 9.84 Å². The first kappa shape index (κ1) is 15.2. The van der Waals surface area contributed by atoms with Crippen LogP contribution in [-0.2, 0) is 0 Å². The van der Waals surface area contributed by atoms with Crippen molar-refractivity contribution in [3.05, 3.63) is 29.8 Å². The fourth-order valence-corrected chi connectivity index (χ4v) is 2.49. The molecular formula is C15H22N2O2S. The lowest BCUT2D eigenvalue weighted by atomic mass is 10.1. The van der Waals surface area contributed by atoms with Crippen LogP contribution in [0.3, 0.4) is 0 Å². The molecule has 0 aromatic heterocycles.